The summed E-state index contributed by atoms with van der Waals surface area (Å²) in [6.07, 6.45) is -2.82. The van der Waals surface area contributed by atoms with E-state index in [9.17, 15) is 32.3 Å². The van der Waals surface area contributed by atoms with E-state index >= 15 is 0 Å². The lowest BCUT2D eigenvalue weighted by atomic mass is 10.0. The fourth-order valence-electron chi connectivity index (χ4n) is 5.74. The van der Waals surface area contributed by atoms with Crippen LogP contribution >= 0.6 is 0 Å². The molecule has 0 bridgehead atoms. The predicted molar refractivity (Wildman–Crippen MR) is 185 cm³/mol. The van der Waals surface area contributed by atoms with Gasteiger partial charge in [-0.05, 0) is 82.1 Å². The SMILES string of the molecule is Cn1c(-c2nc(N)ncc2C#Cc2cccc(NC(=O)C3(C(=O)Nc4ccc(C(F)(F)F)cc4)CC3)c2)cc2c1CCN(C(=O)OC(C)(C)C)C2=O. The number of nitrogen functional groups attached to an aromatic ring is 1. The lowest BCUT2D eigenvalue weighted by molar-refractivity contribution is -0.137. The van der Waals surface area contributed by atoms with Crippen LogP contribution in [-0.4, -0.2) is 55.4 Å². The highest BCUT2D eigenvalue weighted by Gasteiger charge is 2.56. The predicted octanol–water partition coefficient (Wildman–Crippen LogP) is 5.77. The Hall–Kier alpha value is -6.17. The molecule has 3 heterocycles. The summed E-state index contributed by atoms with van der Waals surface area (Å²) < 4.78 is 46.0. The maximum absolute atomic E-state index is 13.4. The second-order valence-electron chi connectivity index (χ2n) is 13.5. The molecule has 4 N–H and O–H groups in total. The number of benzene rings is 2. The normalized spacial score (nSPS) is 14.8. The lowest BCUT2D eigenvalue weighted by Crippen LogP contribution is -2.44. The van der Waals surface area contributed by atoms with Crippen molar-refractivity contribution in [2.75, 3.05) is 22.9 Å². The van der Waals surface area contributed by atoms with Crippen LogP contribution < -0.4 is 16.4 Å². The van der Waals surface area contributed by atoms with E-state index in [0.29, 0.717) is 45.9 Å². The number of nitrogens with two attached hydrogens (primary N) is 1. The van der Waals surface area contributed by atoms with Crippen molar-refractivity contribution in [3.8, 4) is 23.2 Å². The van der Waals surface area contributed by atoms with Crippen molar-refractivity contribution in [3.05, 3.63) is 88.7 Å². The number of aromatic nitrogens is 3. The van der Waals surface area contributed by atoms with Gasteiger partial charge in [-0.3, -0.25) is 14.4 Å². The topological polar surface area (TPSA) is 162 Å². The van der Waals surface area contributed by atoms with Crippen molar-refractivity contribution in [2.24, 2.45) is 12.5 Å². The first-order chi connectivity index (χ1) is 24.4. The number of rotatable bonds is 5. The van der Waals surface area contributed by atoms with E-state index < -0.39 is 46.6 Å². The van der Waals surface area contributed by atoms with Crippen LogP contribution in [0.4, 0.5) is 35.3 Å². The van der Waals surface area contributed by atoms with E-state index in [1.54, 1.807) is 58.2 Å². The smallest absolute Gasteiger partial charge is 0.417 e. The minimum Gasteiger partial charge on any atom is -0.443 e. The Balaban J connectivity index is 1.19. The van der Waals surface area contributed by atoms with Gasteiger partial charge in [-0.15, -0.1) is 0 Å². The number of alkyl halides is 3. The number of ether oxygens (including phenoxy) is 1. The van der Waals surface area contributed by atoms with Crippen molar-refractivity contribution >= 4 is 41.1 Å². The van der Waals surface area contributed by atoms with Crippen LogP contribution in [-0.2, 0) is 34.0 Å². The van der Waals surface area contributed by atoms with Gasteiger partial charge in [0.05, 0.1) is 22.4 Å². The van der Waals surface area contributed by atoms with Gasteiger partial charge in [0, 0.05) is 48.8 Å². The largest absolute Gasteiger partial charge is 0.443 e. The van der Waals surface area contributed by atoms with Gasteiger partial charge in [0.25, 0.3) is 5.91 Å². The lowest BCUT2D eigenvalue weighted by Gasteiger charge is -2.28. The van der Waals surface area contributed by atoms with Crippen LogP contribution in [0.3, 0.4) is 0 Å². The Morgan fingerprint density at radius 2 is 1.63 bits per heavy atom. The fourth-order valence-corrected chi connectivity index (χ4v) is 5.74. The van der Waals surface area contributed by atoms with E-state index in [2.05, 4.69) is 32.4 Å². The van der Waals surface area contributed by atoms with Crippen LogP contribution in [0.2, 0.25) is 0 Å². The number of hydrogen-bond acceptors (Lipinski definition) is 8. The Morgan fingerprint density at radius 3 is 2.27 bits per heavy atom. The number of amides is 4. The number of carbonyl (C=O) groups is 4. The van der Waals surface area contributed by atoms with Gasteiger partial charge in [0.2, 0.25) is 17.8 Å². The molecule has 2 aromatic carbocycles. The summed E-state index contributed by atoms with van der Waals surface area (Å²) in [5, 5.41) is 5.30. The second kappa shape index (κ2) is 13.2. The maximum atomic E-state index is 13.4. The molecule has 0 unspecified atom stereocenters. The van der Waals surface area contributed by atoms with Crippen molar-refractivity contribution in [3.63, 3.8) is 0 Å². The van der Waals surface area contributed by atoms with Crippen LogP contribution in [0.5, 0.6) is 0 Å². The number of anilines is 3. The number of nitrogens with one attached hydrogen (secondary N) is 2. The number of imide groups is 1. The molecule has 1 aliphatic carbocycles. The molecule has 12 nitrogen and oxygen atoms in total. The third-order valence-electron chi connectivity index (χ3n) is 8.62. The molecule has 4 aromatic rings. The summed E-state index contributed by atoms with van der Waals surface area (Å²) in [6, 6.07) is 12.3. The summed E-state index contributed by atoms with van der Waals surface area (Å²) >= 11 is 0. The van der Waals surface area contributed by atoms with Crippen molar-refractivity contribution in [1.29, 1.82) is 0 Å². The molecule has 6 rings (SSSR count). The first kappa shape index (κ1) is 35.6. The molecule has 2 aliphatic rings. The number of nitrogens with zero attached hydrogens (tertiary/aromatic N) is 4. The monoisotopic (exact) mass is 713 g/mol. The van der Waals surface area contributed by atoms with Crippen molar-refractivity contribution < 1.29 is 37.1 Å². The molecular weight excluding hydrogens is 679 g/mol. The molecule has 268 valence electrons. The summed E-state index contributed by atoms with van der Waals surface area (Å²) in [4.78, 5) is 62.0. The number of halogens is 3. The molecule has 0 saturated heterocycles. The van der Waals surface area contributed by atoms with E-state index in [4.69, 9.17) is 10.5 Å². The van der Waals surface area contributed by atoms with E-state index in [-0.39, 0.29) is 31.0 Å². The molecule has 0 atom stereocenters. The third kappa shape index (κ3) is 7.32. The Labute approximate surface area is 296 Å². The average molecular weight is 714 g/mol. The minimum atomic E-state index is -4.51. The highest BCUT2D eigenvalue weighted by molar-refractivity contribution is 6.17. The van der Waals surface area contributed by atoms with Crippen molar-refractivity contribution in [2.45, 2.75) is 51.8 Å². The van der Waals surface area contributed by atoms with Crippen LogP contribution in [0.15, 0.2) is 60.8 Å². The quantitative estimate of drug-likeness (QED) is 0.174. The van der Waals surface area contributed by atoms with Gasteiger partial charge in [0.1, 0.15) is 16.7 Å². The number of fused-ring (bicyclic) bond motifs is 1. The van der Waals surface area contributed by atoms with Gasteiger partial charge in [-0.2, -0.15) is 13.2 Å². The molecule has 0 spiro atoms. The zero-order chi connectivity index (χ0) is 37.6. The highest BCUT2D eigenvalue weighted by atomic mass is 19.4. The average Bonchev–Trinajstić information content (AvgIpc) is 3.82. The highest BCUT2D eigenvalue weighted by Crippen LogP contribution is 2.47. The summed E-state index contributed by atoms with van der Waals surface area (Å²) in [5.74, 6) is 4.42. The Morgan fingerprint density at radius 1 is 0.962 bits per heavy atom. The molecule has 4 amide bonds. The molecular formula is C37H34F3N7O5. The molecule has 1 aliphatic heterocycles. The third-order valence-corrected chi connectivity index (χ3v) is 8.62. The Bertz CT molecular complexity index is 2170. The van der Waals surface area contributed by atoms with Crippen LogP contribution in [0.25, 0.3) is 11.4 Å². The molecule has 0 radical (unpaired) electrons. The first-order valence-electron chi connectivity index (χ1n) is 16.2. The number of hydrogen-bond donors (Lipinski definition) is 3. The van der Waals surface area contributed by atoms with Crippen LogP contribution in [0, 0.1) is 17.3 Å². The Kier molecular flexibility index (Phi) is 9.04. The first-order valence-corrected chi connectivity index (χ1v) is 16.2. The standard InChI is InChI=1S/C37H34F3N7O5/c1-35(2,3)52-34(51)47-17-14-27-26(30(47)48)19-28(46(27)4)29-22(20-42-33(41)45-29)9-8-21-6-5-7-25(18-21)44-32(50)36(15-16-36)31(49)43-24-12-10-23(11-13-24)37(38,39)40/h5-7,10-13,18-20H,14-17H2,1-4H3,(H,43,49)(H,44,50)(H2,41,42,45). The van der Waals surface area contributed by atoms with E-state index in [1.807, 2.05) is 4.57 Å². The van der Waals surface area contributed by atoms with E-state index in [1.165, 1.54) is 6.20 Å². The van der Waals surface area contributed by atoms with Gasteiger partial charge < -0.3 is 25.7 Å². The summed E-state index contributed by atoms with van der Waals surface area (Å²) in [5.41, 5.74) is 6.35. The minimum absolute atomic E-state index is 0.0116. The van der Waals surface area contributed by atoms with Crippen LogP contribution in [0.1, 0.15) is 66.4 Å². The van der Waals surface area contributed by atoms with Gasteiger partial charge in [0.15, 0.2) is 0 Å². The van der Waals surface area contributed by atoms with Gasteiger partial charge >= 0.3 is 12.3 Å². The zero-order valence-corrected chi connectivity index (χ0v) is 28.6. The van der Waals surface area contributed by atoms with Gasteiger partial charge in [-0.25, -0.2) is 19.7 Å². The number of carbonyl (C=O) groups excluding carboxylic acids is 4. The van der Waals surface area contributed by atoms with Gasteiger partial charge in [-0.1, -0.05) is 17.9 Å². The molecule has 15 heteroatoms. The molecule has 2 aromatic heterocycles. The maximum Gasteiger partial charge on any atom is 0.417 e. The van der Waals surface area contributed by atoms with Crippen molar-refractivity contribution in [1.82, 2.24) is 19.4 Å². The summed E-state index contributed by atoms with van der Waals surface area (Å²) in [6.45, 7) is 5.32. The fraction of sp³-hybridized carbons (Fsp3) is 0.297. The second-order valence-corrected chi connectivity index (χ2v) is 13.5. The molecule has 52 heavy (non-hydrogen) atoms. The zero-order valence-electron chi connectivity index (χ0n) is 28.6. The summed E-state index contributed by atoms with van der Waals surface area (Å²) in [7, 11) is 1.78. The van der Waals surface area contributed by atoms with E-state index in [0.717, 1.165) is 29.2 Å². The molecule has 1 fully saturated rings. The molecule has 1 saturated carbocycles.